The summed E-state index contributed by atoms with van der Waals surface area (Å²) < 4.78 is 18.6. The van der Waals surface area contributed by atoms with Crippen LogP contribution in [0.3, 0.4) is 0 Å². The molecule has 4 N–H and O–H groups in total. The first-order valence-electron chi connectivity index (χ1n) is 12.0. The summed E-state index contributed by atoms with van der Waals surface area (Å²) in [6.07, 6.45) is 0.687. The number of nitrogens with zero attached hydrogens (tertiary/aromatic N) is 1. The highest BCUT2D eigenvalue weighted by atomic mass is 16.5. The van der Waals surface area contributed by atoms with Gasteiger partial charge in [0.1, 0.15) is 17.4 Å². The molecule has 4 aliphatic heterocycles. The van der Waals surface area contributed by atoms with Crippen molar-refractivity contribution in [1.82, 2.24) is 4.90 Å². The molecule has 9 bridgehead atoms. The van der Waals surface area contributed by atoms with E-state index in [0.29, 0.717) is 13.0 Å². The van der Waals surface area contributed by atoms with Gasteiger partial charge in [0.2, 0.25) is 0 Å². The van der Waals surface area contributed by atoms with Crippen molar-refractivity contribution in [3.05, 3.63) is 0 Å². The lowest BCUT2D eigenvalue weighted by Gasteiger charge is -2.76. The number of hydrogen-bond donors (Lipinski definition) is 4. The van der Waals surface area contributed by atoms with Crippen LogP contribution >= 0.6 is 0 Å². The number of ether oxygens (including phenoxy) is 3. The smallest absolute Gasteiger partial charge is 0.136 e. The van der Waals surface area contributed by atoms with Gasteiger partial charge in [-0.1, -0.05) is 6.92 Å². The van der Waals surface area contributed by atoms with Crippen LogP contribution in [0, 0.1) is 34.5 Å². The van der Waals surface area contributed by atoms with Crippen molar-refractivity contribution in [2.75, 3.05) is 27.4 Å². The summed E-state index contributed by atoms with van der Waals surface area (Å²) >= 11 is 0. The maximum Gasteiger partial charge on any atom is 0.136 e. The average Bonchev–Trinajstić information content (AvgIpc) is 3.16. The second-order valence-electron chi connectivity index (χ2n) is 11.5. The molecule has 0 radical (unpaired) electrons. The molecule has 9 fully saturated rings. The molecular formula is C23H35NO7. The molecule has 9 aliphatic rings. The van der Waals surface area contributed by atoms with E-state index in [-0.39, 0.29) is 48.8 Å². The van der Waals surface area contributed by atoms with Crippen LogP contribution in [-0.2, 0) is 14.2 Å². The molecule has 0 aromatic carbocycles. The summed E-state index contributed by atoms with van der Waals surface area (Å²) in [5.74, 6) is -0.631. The van der Waals surface area contributed by atoms with Crippen molar-refractivity contribution in [3.63, 3.8) is 0 Å². The molecule has 8 nitrogen and oxygen atoms in total. The van der Waals surface area contributed by atoms with Crippen molar-refractivity contribution in [2.45, 2.75) is 80.5 Å². The molecule has 1 spiro atoms. The van der Waals surface area contributed by atoms with E-state index >= 15 is 0 Å². The number of methoxy groups -OCH3 is 2. The summed E-state index contributed by atoms with van der Waals surface area (Å²) in [6, 6.07) is -0.323. The number of aliphatic hydroxyl groups is 4. The molecule has 0 aromatic rings. The Hall–Kier alpha value is -0.320. The molecule has 31 heavy (non-hydrogen) atoms. The van der Waals surface area contributed by atoms with Crippen molar-refractivity contribution in [1.29, 1.82) is 0 Å². The summed E-state index contributed by atoms with van der Waals surface area (Å²) in [5.41, 5.74) is -4.09. The lowest BCUT2D eigenvalue weighted by Crippen LogP contribution is -2.86. The van der Waals surface area contributed by atoms with E-state index in [1.54, 1.807) is 14.2 Å². The number of piperidine rings is 1. The fraction of sp³-hybridized carbons (Fsp3) is 1.00. The molecule has 4 saturated heterocycles. The Bertz CT molecular complexity index is 828. The normalized spacial score (nSPS) is 67.5. The number of aliphatic hydroxyl groups excluding tert-OH is 2. The molecule has 0 amide bonds. The molecule has 174 valence electrons. The first-order valence-corrected chi connectivity index (χ1v) is 12.0. The number of hydrogen-bond acceptors (Lipinski definition) is 8. The van der Waals surface area contributed by atoms with E-state index in [4.69, 9.17) is 14.2 Å². The van der Waals surface area contributed by atoms with Crippen LogP contribution in [0.1, 0.15) is 32.6 Å². The van der Waals surface area contributed by atoms with Gasteiger partial charge >= 0.3 is 0 Å². The third-order valence-electron chi connectivity index (χ3n) is 11.5. The van der Waals surface area contributed by atoms with Gasteiger partial charge in [0.05, 0.1) is 37.1 Å². The first kappa shape index (κ1) is 20.1. The van der Waals surface area contributed by atoms with Gasteiger partial charge in [-0.05, 0) is 31.7 Å². The van der Waals surface area contributed by atoms with E-state index in [1.807, 2.05) is 0 Å². The van der Waals surface area contributed by atoms with E-state index < -0.39 is 40.2 Å². The van der Waals surface area contributed by atoms with Gasteiger partial charge in [0, 0.05) is 49.2 Å². The van der Waals surface area contributed by atoms with Gasteiger partial charge in [0.15, 0.2) is 0 Å². The minimum atomic E-state index is -1.57. The second-order valence-corrected chi connectivity index (χ2v) is 11.5. The fourth-order valence-corrected chi connectivity index (χ4v) is 11.0. The fourth-order valence-electron chi connectivity index (χ4n) is 11.0. The monoisotopic (exact) mass is 437 g/mol. The predicted molar refractivity (Wildman–Crippen MR) is 107 cm³/mol. The van der Waals surface area contributed by atoms with Crippen molar-refractivity contribution in [3.8, 4) is 0 Å². The Morgan fingerprint density at radius 2 is 1.97 bits per heavy atom. The summed E-state index contributed by atoms with van der Waals surface area (Å²) in [6.45, 7) is 2.69. The maximum atomic E-state index is 12.7. The zero-order chi connectivity index (χ0) is 21.7. The molecule has 4 heterocycles. The SMILES string of the molecule is CCN1[C@@H]2O[C@H]3CC[C@]2(CO)[C@H]2[C@H](OC)[C@]4(O)[C@@H]1[C@@]32[C@@H]1C[C@H]2[C@H](O)[C@@H]1[C@]4(O)C[C@@H]2OC. The van der Waals surface area contributed by atoms with E-state index in [9.17, 15) is 20.4 Å². The van der Waals surface area contributed by atoms with Crippen LogP contribution in [0.15, 0.2) is 0 Å². The molecule has 8 heteroatoms. The standard InChI is InChI=1S/C23H35NO7/c1-4-24-18-22-11-7-10-12(29-2)8-21(27,14(11)15(10)26)23(18,28)17(30-3)16(22)20(9-25)6-5-13(22)31-19(20)24/h10-19,25-28H,4-9H2,1-3H3/t10-,11-,12+,13+,14-,15+,16-,17+,18+,19-,20+,21-,22+,23+/m1/s1. The van der Waals surface area contributed by atoms with E-state index in [0.717, 1.165) is 19.3 Å². The first-order chi connectivity index (χ1) is 14.8. The number of likely N-dealkylation sites (N-methyl/N-ethyl adjacent to an activating group) is 1. The van der Waals surface area contributed by atoms with Crippen LogP contribution in [-0.4, -0.2) is 101 Å². The Balaban J connectivity index is 1.56. The molecule has 0 aromatic heterocycles. The highest BCUT2D eigenvalue weighted by Crippen LogP contribution is 2.83. The Labute approximate surface area is 182 Å². The summed E-state index contributed by atoms with van der Waals surface area (Å²) in [4.78, 5) is 2.22. The zero-order valence-electron chi connectivity index (χ0n) is 18.5. The topological polar surface area (TPSA) is 112 Å². The van der Waals surface area contributed by atoms with Gasteiger partial charge < -0.3 is 34.6 Å². The Morgan fingerprint density at radius 3 is 2.61 bits per heavy atom. The van der Waals surface area contributed by atoms with E-state index in [1.165, 1.54) is 0 Å². The van der Waals surface area contributed by atoms with Gasteiger partial charge in [-0.15, -0.1) is 0 Å². The van der Waals surface area contributed by atoms with Crippen LogP contribution < -0.4 is 0 Å². The molecule has 5 saturated carbocycles. The summed E-state index contributed by atoms with van der Waals surface area (Å²) in [5, 5.41) is 47.4. The Kier molecular flexibility index (Phi) is 3.67. The minimum absolute atomic E-state index is 0.0143. The molecule has 5 aliphatic carbocycles. The average molecular weight is 438 g/mol. The molecule has 9 rings (SSSR count). The van der Waals surface area contributed by atoms with Gasteiger partial charge in [0.25, 0.3) is 0 Å². The second kappa shape index (κ2) is 5.66. The lowest BCUT2D eigenvalue weighted by atomic mass is 9.41. The molecular weight excluding hydrogens is 402 g/mol. The van der Waals surface area contributed by atoms with Gasteiger partial charge in [-0.2, -0.15) is 0 Å². The Morgan fingerprint density at radius 1 is 1.19 bits per heavy atom. The van der Waals surface area contributed by atoms with E-state index in [2.05, 4.69) is 11.8 Å². The third kappa shape index (κ3) is 1.61. The van der Waals surface area contributed by atoms with Crippen molar-refractivity contribution < 1.29 is 34.6 Å². The van der Waals surface area contributed by atoms with Gasteiger partial charge in [-0.3, -0.25) is 4.90 Å². The minimum Gasteiger partial charge on any atom is -0.396 e. The third-order valence-corrected chi connectivity index (χ3v) is 11.5. The van der Waals surface area contributed by atoms with Crippen LogP contribution in [0.25, 0.3) is 0 Å². The largest absolute Gasteiger partial charge is 0.396 e. The lowest BCUT2D eigenvalue weighted by molar-refractivity contribution is -0.410. The van der Waals surface area contributed by atoms with Crippen molar-refractivity contribution in [2.24, 2.45) is 34.5 Å². The number of rotatable bonds is 4. The van der Waals surface area contributed by atoms with Crippen LogP contribution in [0.4, 0.5) is 0 Å². The van der Waals surface area contributed by atoms with Gasteiger partial charge in [-0.25, -0.2) is 0 Å². The van der Waals surface area contributed by atoms with Crippen molar-refractivity contribution >= 4 is 0 Å². The zero-order valence-corrected chi connectivity index (χ0v) is 18.5. The quantitative estimate of drug-likeness (QED) is 0.458. The summed E-state index contributed by atoms with van der Waals surface area (Å²) in [7, 11) is 3.25. The highest BCUT2D eigenvalue weighted by molar-refractivity contribution is 5.43. The number of fused-ring (bicyclic) bond motifs is 3. The maximum absolute atomic E-state index is 12.7. The van der Waals surface area contributed by atoms with Crippen LogP contribution in [0.2, 0.25) is 0 Å². The predicted octanol–water partition coefficient (Wildman–Crippen LogP) is -0.673. The highest BCUT2D eigenvalue weighted by Gasteiger charge is 2.94. The molecule has 0 unspecified atom stereocenters. The molecule has 14 atom stereocenters. The van der Waals surface area contributed by atoms with Crippen LogP contribution in [0.5, 0.6) is 0 Å².